The molecule has 0 bridgehead atoms. The van der Waals surface area contributed by atoms with Crippen LogP contribution in [0.1, 0.15) is 38.3 Å². The van der Waals surface area contributed by atoms with Gasteiger partial charge in [-0.1, -0.05) is 37.6 Å². The number of nitrogens with two attached hydrogens (primary N) is 1. The zero-order chi connectivity index (χ0) is 12.2. The van der Waals surface area contributed by atoms with Gasteiger partial charge in [-0.15, -0.1) is 0 Å². The average Bonchev–Trinajstić information content (AvgIpc) is 2.29. The van der Waals surface area contributed by atoms with Gasteiger partial charge in [0.25, 0.3) is 0 Å². The van der Waals surface area contributed by atoms with Crippen molar-refractivity contribution in [1.82, 2.24) is 5.43 Å². The Bertz CT molecular complexity index is 355. The van der Waals surface area contributed by atoms with E-state index in [4.69, 9.17) is 5.84 Å². The first-order valence-corrected chi connectivity index (χ1v) is 5.62. The smallest absolute Gasteiger partial charge is 0.243 e. The van der Waals surface area contributed by atoms with Crippen LogP contribution in [0.15, 0.2) is 24.3 Å². The lowest BCUT2D eigenvalue weighted by molar-refractivity contribution is -0.125. The molecule has 0 fully saturated rings. The van der Waals surface area contributed by atoms with E-state index in [0.29, 0.717) is 0 Å². The first-order valence-electron chi connectivity index (χ1n) is 5.62. The minimum Gasteiger partial charge on any atom is -0.294 e. The molecule has 0 aromatic heterocycles. The molecule has 1 amide bonds. The number of carbonyl (C=O) groups is 1. The van der Waals surface area contributed by atoms with Crippen molar-refractivity contribution in [3.05, 3.63) is 35.4 Å². The highest BCUT2D eigenvalue weighted by Gasteiger charge is 2.28. The molecule has 0 aliphatic rings. The lowest BCUT2D eigenvalue weighted by Gasteiger charge is -2.23. The number of hydrogen-bond acceptors (Lipinski definition) is 2. The van der Waals surface area contributed by atoms with Crippen molar-refractivity contribution < 1.29 is 4.79 Å². The molecular weight excluding hydrogens is 200 g/mol. The van der Waals surface area contributed by atoms with Gasteiger partial charge in [0.2, 0.25) is 5.91 Å². The highest BCUT2D eigenvalue weighted by Crippen LogP contribution is 2.23. The predicted molar refractivity (Wildman–Crippen MR) is 65.8 cm³/mol. The normalized spacial score (nSPS) is 11.2. The van der Waals surface area contributed by atoms with Gasteiger partial charge in [-0.2, -0.15) is 0 Å². The van der Waals surface area contributed by atoms with Gasteiger partial charge in [-0.3, -0.25) is 10.2 Å². The molecule has 0 aliphatic carbocycles. The van der Waals surface area contributed by atoms with E-state index in [1.54, 1.807) is 0 Å². The van der Waals surface area contributed by atoms with Crippen LogP contribution in [-0.4, -0.2) is 5.91 Å². The van der Waals surface area contributed by atoms with Gasteiger partial charge in [0.1, 0.15) is 0 Å². The first kappa shape index (κ1) is 12.7. The minimum absolute atomic E-state index is 0.171. The number of benzene rings is 1. The van der Waals surface area contributed by atoms with E-state index in [2.05, 4.69) is 24.5 Å². The highest BCUT2D eigenvalue weighted by atomic mass is 16.2. The van der Waals surface area contributed by atoms with Gasteiger partial charge in [-0.25, -0.2) is 5.84 Å². The summed E-state index contributed by atoms with van der Waals surface area (Å²) >= 11 is 0. The molecule has 1 aromatic carbocycles. The molecule has 1 rings (SSSR count). The predicted octanol–water partition coefficient (Wildman–Crippen LogP) is 1.91. The highest BCUT2D eigenvalue weighted by molar-refractivity contribution is 5.86. The molecule has 3 N–H and O–H groups in total. The fraction of sp³-hybridized carbons (Fsp3) is 0.462. The Morgan fingerprint density at radius 1 is 1.31 bits per heavy atom. The van der Waals surface area contributed by atoms with E-state index < -0.39 is 5.41 Å². The van der Waals surface area contributed by atoms with Crippen LogP contribution in [0.2, 0.25) is 0 Å². The summed E-state index contributed by atoms with van der Waals surface area (Å²) in [7, 11) is 0. The summed E-state index contributed by atoms with van der Waals surface area (Å²) in [4.78, 5) is 11.6. The lowest BCUT2D eigenvalue weighted by atomic mass is 9.83. The molecule has 0 aliphatic heterocycles. The number of rotatable bonds is 4. The third-order valence-corrected chi connectivity index (χ3v) is 2.91. The maximum Gasteiger partial charge on any atom is 0.243 e. The minimum atomic E-state index is -0.584. The number of hydrogen-bond donors (Lipinski definition) is 2. The molecule has 0 saturated heterocycles. The molecule has 88 valence electrons. The van der Waals surface area contributed by atoms with Gasteiger partial charge in [0.05, 0.1) is 5.41 Å². The fourth-order valence-corrected chi connectivity index (χ4v) is 1.69. The molecule has 1 aromatic rings. The van der Waals surface area contributed by atoms with Crippen molar-refractivity contribution in [3.8, 4) is 0 Å². The second-order valence-electron chi connectivity index (χ2n) is 4.55. The van der Waals surface area contributed by atoms with Crippen molar-refractivity contribution in [2.75, 3.05) is 0 Å². The summed E-state index contributed by atoms with van der Waals surface area (Å²) in [6, 6.07) is 8.15. The summed E-state index contributed by atoms with van der Waals surface area (Å²) < 4.78 is 0. The van der Waals surface area contributed by atoms with Crippen LogP contribution in [0, 0.1) is 0 Å². The van der Waals surface area contributed by atoms with Gasteiger partial charge in [0, 0.05) is 0 Å². The number of carbonyl (C=O) groups excluding carboxylic acids is 1. The quantitative estimate of drug-likeness (QED) is 0.462. The number of hydrazine groups is 1. The second kappa shape index (κ2) is 5.12. The molecule has 0 radical (unpaired) electrons. The Morgan fingerprint density at radius 2 is 1.88 bits per heavy atom. The summed E-state index contributed by atoms with van der Waals surface area (Å²) in [5.41, 5.74) is 3.90. The van der Waals surface area contributed by atoms with Crippen LogP contribution in [0.4, 0.5) is 0 Å². The maximum absolute atomic E-state index is 11.6. The zero-order valence-corrected chi connectivity index (χ0v) is 10.2. The Balaban J connectivity index is 2.92. The molecule has 3 heteroatoms. The summed E-state index contributed by atoms with van der Waals surface area (Å²) in [6.45, 7) is 5.88. The Hall–Kier alpha value is -1.35. The molecule has 0 atom stereocenters. The molecule has 0 saturated carbocycles. The molecule has 0 spiro atoms. The average molecular weight is 220 g/mol. The summed E-state index contributed by atoms with van der Waals surface area (Å²) in [5, 5.41) is 0. The first-order chi connectivity index (χ1) is 7.52. The van der Waals surface area contributed by atoms with Gasteiger partial charge >= 0.3 is 0 Å². The van der Waals surface area contributed by atoms with Crippen LogP contribution in [0.25, 0.3) is 0 Å². The fourth-order valence-electron chi connectivity index (χ4n) is 1.69. The van der Waals surface area contributed by atoms with E-state index in [1.165, 1.54) is 5.56 Å². The van der Waals surface area contributed by atoms with Crippen LogP contribution in [-0.2, 0) is 16.6 Å². The lowest BCUT2D eigenvalue weighted by Crippen LogP contribution is -2.43. The van der Waals surface area contributed by atoms with Gasteiger partial charge in [-0.05, 0) is 31.4 Å². The number of aryl methyl sites for hydroxylation is 1. The van der Waals surface area contributed by atoms with E-state index >= 15 is 0 Å². The SMILES string of the molecule is CCCc1ccc(C(C)(C)C(=O)NN)cc1. The van der Waals surface area contributed by atoms with Crippen molar-refractivity contribution >= 4 is 5.91 Å². The van der Waals surface area contributed by atoms with E-state index in [9.17, 15) is 4.79 Å². The van der Waals surface area contributed by atoms with Gasteiger partial charge < -0.3 is 0 Å². The van der Waals surface area contributed by atoms with E-state index in [1.807, 2.05) is 26.0 Å². The Kier molecular flexibility index (Phi) is 4.07. The standard InChI is InChI=1S/C13H20N2O/c1-4-5-10-6-8-11(9-7-10)13(2,3)12(16)15-14/h6-9H,4-5,14H2,1-3H3,(H,15,16). The van der Waals surface area contributed by atoms with Crippen LogP contribution in [0.5, 0.6) is 0 Å². The van der Waals surface area contributed by atoms with Crippen molar-refractivity contribution in [2.24, 2.45) is 5.84 Å². The topological polar surface area (TPSA) is 55.1 Å². The molecular formula is C13H20N2O. The van der Waals surface area contributed by atoms with Crippen molar-refractivity contribution in [1.29, 1.82) is 0 Å². The molecule has 3 nitrogen and oxygen atoms in total. The van der Waals surface area contributed by atoms with Crippen molar-refractivity contribution in [3.63, 3.8) is 0 Å². The maximum atomic E-state index is 11.6. The molecule has 16 heavy (non-hydrogen) atoms. The largest absolute Gasteiger partial charge is 0.294 e. The zero-order valence-electron chi connectivity index (χ0n) is 10.2. The van der Waals surface area contributed by atoms with E-state index in [-0.39, 0.29) is 5.91 Å². The third kappa shape index (κ3) is 2.61. The van der Waals surface area contributed by atoms with Crippen LogP contribution in [0.3, 0.4) is 0 Å². The van der Waals surface area contributed by atoms with Crippen LogP contribution < -0.4 is 11.3 Å². The van der Waals surface area contributed by atoms with Crippen LogP contribution >= 0.6 is 0 Å². The number of nitrogens with one attached hydrogen (secondary N) is 1. The Morgan fingerprint density at radius 3 is 2.31 bits per heavy atom. The Labute approximate surface area is 97.0 Å². The summed E-state index contributed by atoms with van der Waals surface area (Å²) in [5.74, 6) is 5.00. The second-order valence-corrected chi connectivity index (χ2v) is 4.55. The van der Waals surface area contributed by atoms with E-state index in [0.717, 1.165) is 18.4 Å². The third-order valence-electron chi connectivity index (χ3n) is 2.91. The number of amides is 1. The van der Waals surface area contributed by atoms with Crippen molar-refractivity contribution in [2.45, 2.75) is 39.0 Å². The summed E-state index contributed by atoms with van der Waals surface area (Å²) in [6.07, 6.45) is 2.20. The molecule has 0 heterocycles. The molecule has 0 unspecified atom stereocenters. The monoisotopic (exact) mass is 220 g/mol. The van der Waals surface area contributed by atoms with Gasteiger partial charge in [0.15, 0.2) is 0 Å².